The van der Waals surface area contributed by atoms with Gasteiger partial charge in [-0.15, -0.1) is 0 Å². The Bertz CT molecular complexity index is 457. The van der Waals surface area contributed by atoms with Gasteiger partial charge >= 0.3 is 0 Å². The lowest BCUT2D eigenvalue weighted by molar-refractivity contribution is 0.140. The van der Waals surface area contributed by atoms with Crippen molar-refractivity contribution in [2.24, 2.45) is 10.9 Å². The maximum absolute atomic E-state index is 13.5. The van der Waals surface area contributed by atoms with Gasteiger partial charge in [-0.3, -0.25) is 4.90 Å². The molecule has 0 saturated carbocycles. The van der Waals surface area contributed by atoms with Crippen LogP contribution in [0.25, 0.3) is 0 Å². The van der Waals surface area contributed by atoms with Crippen molar-refractivity contribution in [3.05, 3.63) is 35.1 Å². The van der Waals surface area contributed by atoms with Crippen LogP contribution < -0.4 is 5.73 Å². The first-order chi connectivity index (χ1) is 9.19. The lowest BCUT2D eigenvalue weighted by Gasteiger charge is -2.19. The minimum Gasteiger partial charge on any atom is -0.409 e. The zero-order valence-corrected chi connectivity index (χ0v) is 10.7. The molecule has 0 spiro atoms. The van der Waals surface area contributed by atoms with Crippen LogP contribution in [0.1, 0.15) is 17.5 Å². The summed E-state index contributed by atoms with van der Waals surface area (Å²) in [5.74, 6) is -0.467. The number of hydrogen-bond acceptors (Lipinski definition) is 4. The Hall–Kier alpha value is -1.66. The summed E-state index contributed by atoms with van der Waals surface area (Å²) in [5.41, 5.74) is 6.69. The van der Waals surface area contributed by atoms with Crippen molar-refractivity contribution in [1.29, 1.82) is 0 Å². The number of nitrogens with two attached hydrogens (primary N) is 1. The molecule has 3 N–H and O–H groups in total. The van der Waals surface area contributed by atoms with Crippen LogP contribution in [0.4, 0.5) is 4.39 Å². The third-order valence-corrected chi connectivity index (χ3v) is 3.08. The Labute approximate surface area is 111 Å². The molecule has 1 saturated heterocycles. The minimum absolute atomic E-state index is 0.0834. The zero-order chi connectivity index (χ0) is 13.7. The molecular formula is C13H18FN3O2. The number of ether oxygens (including phenoxy) is 1. The monoisotopic (exact) mass is 267 g/mol. The Balaban J connectivity index is 2.13. The first-order valence-electron chi connectivity index (χ1n) is 6.26. The van der Waals surface area contributed by atoms with Crippen LogP contribution in [0.2, 0.25) is 0 Å². The highest BCUT2D eigenvalue weighted by molar-refractivity contribution is 5.97. The van der Waals surface area contributed by atoms with Crippen LogP contribution in [-0.4, -0.2) is 42.2 Å². The highest BCUT2D eigenvalue weighted by Gasteiger charge is 2.11. The van der Waals surface area contributed by atoms with E-state index in [1.807, 2.05) is 0 Å². The summed E-state index contributed by atoms with van der Waals surface area (Å²) < 4.78 is 18.9. The number of nitrogens with zero attached hydrogens (tertiary/aromatic N) is 2. The summed E-state index contributed by atoms with van der Waals surface area (Å²) in [6.45, 7) is 3.86. The minimum atomic E-state index is -0.384. The Morgan fingerprint density at radius 1 is 1.37 bits per heavy atom. The SMILES string of the molecule is N/C(=N/O)c1cc(F)cc(CN2CCCOCC2)c1. The molecule has 19 heavy (non-hydrogen) atoms. The maximum atomic E-state index is 13.5. The topological polar surface area (TPSA) is 71.1 Å². The van der Waals surface area contributed by atoms with Crippen LogP contribution >= 0.6 is 0 Å². The van der Waals surface area contributed by atoms with Crippen molar-refractivity contribution < 1.29 is 14.3 Å². The average Bonchev–Trinajstić information content (AvgIpc) is 2.65. The molecule has 5 nitrogen and oxygen atoms in total. The van der Waals surface area contributed by atoms with E-state index < -0.39 is 0 Å². The lowest BCUT2D eigenvalue weighted by atomic mass is 10.1. The predicted molar refractivity (Wildman–Crippen MR) is 69.6 cm³/mol. The second-order valence-electron chi connectivity index (χ2n) is 4.58. The number of halogens is 1. The first-order valence-corrected chi connectivity index (χ1v) is 6.26. The van der Waals surface area contributed by atoms with Gasteiger partial charge in [-0.2, -0.15) is 0 Å². The van der Waals surface area contributed by atoms with Gasteiger partial charge in [0.25, 0.3) is 0 Å². The molecule has 0 amide bonds. The molecule has 1 fully saturated rings. The third-order valence-electron chi connectivity index (χ3n) is 3.08. The van der Waals surface area contributed by atoms with Gasteiger partial charge in [0.05, 0.1) is 6.61 Å². The largest absolute Gasteiger partial charge is 0.409 e. The molecule has 0 aromatic heterocycles. The molecule has 6 heteroatoms. The maximum Gasteiger partial charge on any atom is 0.170 e. The van der Waals surface area contributed by atoms with Crippen LogP contribution in [-0.2, 0) is 11.3 Å². The van der Waals surface area contributed by atoms with Crippen LogP contribution in [0.3, 0.4) is 0 Å². The van der Waals surface area contributed by atoms with Gasteiger partial charge in [-0.1, -0.05) is 5.16 Å². The normalized spacial score (nSPS) is 18.3. The van der Waals surface area contributed by atoms with E-state index in [0.717, 1.165) is 31.7 Å². The fourth-order valence-corrected chi connectivity index (χ4v) is 2.16. The van der Waals surface area contributed by atoms with E-state index in [2.05, 4.69) is 10.1 Å². The number of oxime groups is 1. The molecule has 0 radical (unpaired) electrons. The van der Waals surface area contributed by atoms with Crippen molar-refractivity contribution in [3.63, 3.8) is 0 Å². The van der Waals surface area contributed by atoms with E-state index in [9.17, 15) is 4.39 Å². The third kappa shape index (κ3) is 3.90. The number of rotatable bonds is 3. The summed E-state index contributed by atoms with van der Waals surface area (Å²) in [6, 6.07) is 4.47. The van der Waals surface area contributed by atoms with E-state index in [1.54, 1.807) is 6.07 Å². The highest BCUT2D eigenvalue weighted by atomic mass is 19.1. The van der Waals surface area contributed by atoms with Gasteiger partial charge in [0.15, 0.2) is 5.84 Å². The number of benzene rings is 1. The second-order valence-corrected chi connectivity index (χ2v) is 4.58. The van der Waals surface area contributed by atoms with Gasteiger partial charge in [-0.25, -0.2) is 4.39 Å². The van der Waals surface area contributed by atoms with E-state index in [-0.39, 0.29) is 11.7 Å². The number of hydrogen-bond donors (Lipinski definition) is 2. The molecule has 1 heterocycles. The molecule has 0 bridgehead atoms. The quantitative estimate of drug-likeness (QED) is 0.373. The van der Waals surface area contributed by atoms with E-state index in [1.165, 1.54) is 12.1 Å². The molecule has 1 aromatic rings. The first kappa shape index (κ1) is 13.8. The van der Waals surface area contributed by atoms with Gasteiger partial charge < -0.3 is 15.7 Å². The molecule has 0 atom stereocenters. The van der Waals surface area contributed by atoms with E-state index >= 15 is 0 Å². The molecule has 0 aliphatic carbocycles. The Morgan fingerprint density at radius 2 is 2.21 bits per heavy atom. The van der Waals surface area contributed by atoms with Crippen LogP contribution in [0.15, 0.2) is 23.4 Å². The van der Waals surface area contributed by atoms with Crippen molar-refractivity contribution in [3.8, 4) is 0 Å². The molecule has 1 aliphatic heterocycles. The second kappa shape index (κ2) is 6.49. The van der Waals surface area contributed by atoms with E-state index in [0.29, 0.717) is 18.7 Å². The van der Waals surface area contributed by atoms with Crippen molar-refractivity contribution in [2.45, 2.75) is 13.0 Å². The molecular weight excluding hydrogens is 249 g/mol. The summed E-state index contributed by atoms with van der Waals surface area (Å²) in [6.07, 6.45) is 0.975. The molecule has 104 valence electrons. The Morgan fingerprint density at radius 3 is 3.00 bits per heavy atom. The fraction of sp³-hybridized carbons (Fsp3) is 0.462. The Kier molecular flexibility index (Phi) is 4.70. The van der Waals surface area contributed by atoms with Gasteiger partial charge in [0.1, 0.15) is 5.82 Å². The highest BCUT2D eigenvalue weighted by Crippen LogP contribution is 2.13. The van der Waals surface area contributed by atoms with Gasteiger partial charge in [0, 0.05) is 31.8 Å². The predicted octanol–water partition coefficient (Wildman–Crippen LogP) is 1.14. The summed E-state index contributed by atoms with van der Waals surface area (Å²) in [4.78, 5) is 2.21. The van der Waals surface area contributed by atoms with E-state index in [4.69, 9.17) is 15.7 Å². The molecule has 1 aromatic carbocycles. The van der Waals surface area contributed by atoms with Crippen molar-refractivity contribution in [2.75, 3.05) is 26.3 Å². The standard InChI is InChI=1S/C13H18FN3O2/c14-12-7-10(6-11(8-12)13(15)16-18)9-17-2-1-4-19-5-3-17/h6-8,18H,1-5,9H2,(H2,15,16). The zero-order valence-electron chi connectivity index (χ0n) is 10.7. The number of amidine groups is 1. The van der Waals surface area contributed by atoms with Gasteiger partial charge in [0.2, 0.25) is 0 Å². The molecule has 1 aliphatic rings. The summed E-state index contributed by atoms with van der Waals surface area (Å²) >= 11 is 0. The van der Waals surface area contributed by atoms with Crippen molar-refractivity contribution in [1.82, 2.24) is 4.90 Å². The summed E-state index contributed by atoms with van der Waals surface area (Å²) in [5, 5.41) is 11.5. The molecule has 2 rings (SSSR count). The van der Waals surface area contributed by atoms with Crippen molar-refractivity contribution >= 4 is 5.84 Å². The van der Waals surface area contributed by atoms with Crippen LogP contribution in [0.5, 0.6) is 0 Å². The summed E-state index contributed by atoms with van der Waals surface area (Å²) in [7, 11) is 0. The molecule has 0 unspecified atom stereocenters. The van der Waals surface area contributed by atoms with Crippen LogP contribution in [0, 0.1) is 5.82 Å². The average molecular weight is 267 g/mol. The lowest BCUT2D eigenvalue weighted by Crippen LogP contribution is -2.26. The smallest absolute Gasteiger partial charge is 0.170 e. The fourth-order valence-electron chi connectivity index (χ4n) is 2.16. The van der Waals surface area contributed by atoms with Gasteiger partial charge in [-0.05, 0) is 30.2 Å².